The van der Waals surface area contributed by atoms with E-state index < -0.39 is 16.9 Å². The normalized spacial score (nSPS) is 39.4. The van der Waals surface area contributed by atoms with E-state index in [9.17, 15) is 9.90 Å². The number of hydrogen-bond donors (Lipinski definition) is 2. The van der Waals surface area contributed by atoms with Crippen LogP contribution in [0.25, 0.3) is 0 Å². The van der Waals surface area contributed by atoms with Crippen molar-refractivity contribution in [1.29, 1.82) is 0 Å². The predicted octanol–water partition coefficient (Wildman–Crippen LogP) is 3.28. The molecule has 6 heteroatoms. The third-order valence-electron chi connectivity index (χ3n) is 9.39. The average Bonchev–Trinajstić information content (AvgIpc) is 3.36. The Labute approximate surface area is 196 Å². The SMILES string of the molecule is CN(C)c1ccc([C@H]2C[C@@]3(N)C(=O)CC[C@H]3C3CC[C@@]4(O)CC5(CCC4=C32)OCCO5)cc1. The maximum atomic E-state index is 13.0. The lowest BCUT2D eigenvalue weighted by Crippen LogP contribution is -2.59. The lowest BCUT2D eigenvalue weighted by Gasteiger charge is -2.55. The minimum atomic E-state index is -0.895. The molecule has 5 atom stereocenters. The van der Waals surface area contributed by atoms with E-state index in [4.69, 9.17) is 15.2 Å². The Balaban J connectivity index is 1.46. The summed E-state index contributed by atoms with van der Waals surface area (Å²) in [5.74, 6) is 0.107. The van der Waals surface area contributed by atoms with Crippen LogP contribution in [0.1, 0.15) is 62.8 Å². The molecule has 0 radical (unpaired) electrons. The first-order valence-electron chi connectivity index (χ1n) is 12.6. The van der Waals surface area contributed by atoms with Gasteiger partial charge in [-0.3, -0.25) is 4.79 Å². The van der Waals surface area contributed by atoms with E-state index in [2.05, 4.69) is 29.2 Å². The van der Waals surface area contributed by atoms with E-state index >= 15 is 0 Å². The summed E-state index contributed by atoms with van der Waals surface area (Å²) in [7, 11) is 4.08. The van der Waals surface area contributed by atoms with Crippen molar-refractivity contribution < 1.29 is 19.4 Å². The van der Waals surface area contributed by atoms with Gasteiger partial charge < -0.3 is 25.2 Å². The smallest absolute Gasteiger partial charge is 0.171 e. The van der Waals surface area contributed by atoms with Crippen molar-refractivity contribution in [3.05, 3.63) is 41.0 Å². The van der Waals surface area contributed by atoms with Crippen LogP contribution in [0.5, 0.6) is 0 Å². The number of allylic oxidation sites excluding steroid dienone is 1. The Hall–Kier alpha value is -1.73. The number of ketones is 1. The summed E-state index contributed by atoms with van der Waals surface area (Å²) in [6.45, 7) is 1.21. The fraction of sp³-hybridized carbons (Fsp3) is 0.667. The van der Waals surface area contributed by atoms with Crippen LogP contribution in [0.4, 0.5) is 5.69 Å². The standard InChI is InChI=1S/C27H36N2O4/c1-29(2)18-5-3-17(4-6-18)20-15-27(28)21(7-8-23(27)30)19-9-11-25(31)16-26(32-13-14-33-26)12-10-22(25)24(19)20/h3-6,19-21,31H,7-16,28H2,1-2H3/t19?,20-,21+,25-,27+/m1/s1. The number of fused-ring (bicyclic) bond motifs is 4. The zero-order chi connectivity index (χ0) is 23.0. The molecule has 4 aliphatic carbocycles. The molecule has 1 saturated heterocycles. The second-order valence-corrected chi connectivity index (χ2v) is 11.2. The van der Waals surface area contributed by atoms with Crippen LogP contribution in [0.2, 0.25) is 0 Å². The van der Waals surface area contributed by atoms with E-state index in [1.807, 2.05) is 14.1 Å². The molecule has 4 fully saturated rings. The number of carbonyl (C=O) groups is 1. The first-order chi connectivity index (χ1) is 15.7. The summed E-state index contributed by atoms with van der Waals surface area (Å²) in [5.41, 5.74) is 10.2. The fourth-order valence-corrected chi connectivity index (χ4v) is 7.80. The van der Waals surface area contributed by atoms with E-state index in [-0.39, 0.29) is 23.5 Å². The molecule has 33 heavy (non-hydrogen) atoms. The molecule has 1 aromatic rings. The molecule has 1 aliphatic heterocycles. The van der Waals surface area contributed by atoms with Crippen molar-refractivity contribution in [3.63, 3.8) is 0 Å². The van der Waals surface area contributed by atoms with Crippen LogP contribution in [0.15, 0.2) is 35.4 Å². The molecule has 178 valence electrons. The van der Waals surface area contributed by atoms with Gasteiger partial charge in [-0.15, -0.1) is 0 Å². The summed E-state index contributed by atoms with van der Waals surface area (Å²) in [6.07, 6.45) is 5.74. The van der Waals surface area contributed by atoms with Gasteiger partial charge in [0.25, 0.3) is 0 Å². The van der Waals surface area contributed by atoms with Crippen molar-refractivity contribution >= 4 is 11.5 Å². The van der Waals surface area contributed by atoms with Gasteiger partial charge in [-0.1, -0.05) is 17.7 Å². The molecule has 3 saturated carbocycles. The van der Waals surface area contributed by atoms with Crippen molar-refractivity contribution in [2.75, 3.05) is 32.2 Å². The third kappa shape index (κ3) is 3.18. The van der Waals surface area contributed by atoms with E-state index in [0.29, 0.717) is 38.9 Å². The minimum Gasteiger partial charge on any atom is -0.385 e. The number of benzene rings is 1. The zero-order valence-corrected chi connectivity index (χ0v) is 19.8. The maximum Gasteiger partial charge on any atom is 0.171 e. The van der Waals surface area contributed by atoms with Gasteiger partial charge in [0.15, 0.2) is 11.6 Å². The van der Waals surface area contributed by atoms with Gasteiger partial charge in [-0.05, 0) is 67.2 Å². The summed E-state index contributed by atoms with van der Waals surface area (Å²) in [5, 5.41) is 12.0. The number of Topliss-reactive ketones (excluding diaryl/α,β-unsaturated/α-hetero) is 1. The molecule has 3 N–H and O–H groups in total. The molecule has 6 nitrogen and oxygen atoms in total. The highest BCUT2D eigenvalue weighted by atomic mass is 16.7. The van der Waals surface area contributed by atoms with Crippen LogP contribution in [-0.2, 0) is 14.3 Å². The fourth-order valence-electron chi connectivity index (χ4n) is 7.80. The maximum absolute atomic E-state index is 13.0. The molecular weight excluding hydrogens is 416 g/mol. The molecule has 1 spiro atoms. The summed E-state index contributed by atoms with van der Waals surface area (Å²) >= 11 is 0. The molecule has 0 amide bonds. The lowest BCUT2D eigenvalue weighted by molar-refractivity contribution is -0.208. The van der Waals surface area contributed by atoms with Gasteiger partial charge in [0, 0.05) is 45.0 Å². The molecule has 6 rings (SSSR count). The van der Waals surface area contributed by atoms with Crippen molar-refractivity contribution in [1.82, 2.24) is 0 Å². The minimum absolute atomic E-state index is 0.0656. The molecule has 0 bridgehead atoms. The van der Waals surface area contributed by atoms with Gasteiger partial charge in [-0.2, -0.15) is 0 Å². The second kappa shape index (κ2) is 7.38. The number of aliphatic hydroxyl groups is 1. The van der Waals surface area contributed by atoms with Gasteiger partial charge in [-0.25, -0.2) is 0 Å². The predicted molar refractivity (Wildman–Crippen MR) is 126 cm³/mol. The van der Waals surface area contributed by atoms with Gasteiger partial charge in [0.1, 0.15) is 0 Å². The number of carbonyl (C=O) groups excluding carboxylic acids is 1. The van der Waals surface area contributed by atoms with E-state index in [1.165, 1.54) is 16.7 Å². The van der Waals surface area contributed by atoms with Crippen molar-refractivity contribution in [2.24, 2.45) is 17.6 Å². The Morgan fingerprint density at radius 1 is 1.06 bits per heavy atom. The average molecular weight is 453 g/mol. The largest absolute Gasteiger partial charge is 0.385 e. The molecular formula is C27H36N2O4. The van der Waals surface area contributed by atoms with Gasteiger partial charge in [0.2, 0.25) is 0 Å². The van der Waals surface area contributed by atoms with Crippen LogP contribution in [0, 0.1) is 11.8 Å². The monoisotopic (exact) mass is 452 g/mol. The van der Waals surface area contributed by atoms with Crippen LogP contribution in [-0.4, -0.2) is 55.1 Å². The molecule has 1 unspecified atom stereocenters. The quantitative estimate of drug-likeness (QED) is 0.670. The first-order valence-corrected chi connectivity index (χ1v) is 12.6. The highest BCUT2D eigenvalue weighted by Gasteiger charge is 2.61. The Kier molecular flexibility index (Phi) is 4.87. The second-order valence-electron chi connectivity index (χ2n) is 11.2. The number of hydrogen-bond acceptors (Lipinski definition) is 6. The Morgan fingerprint density at radius 2 is 1.79 bits per heavy atom. The Morgan fingerprint density at radius 3 is 2.48 bits per heavy atom. The highest BCUT2D eigenvalue weighted by Crippen LogP contribution is 2.61. The molecule has 1 aromatic carbocycles. The van der Waals surface area contributed by atoms with E-state index in [0.717, 1.165) is 31.4 Å². The van der Waals surface area contributed by atoms with Gasteiger partial charge >= 0.3 is 0 Å². The summed E-state index contributed by atoms with van der Waals surface area (Å²) in [6, 6.07) is 8.67. The van der Waals surface area contributed by atoms with Crippen LogP contribution in [0.3, 0.4) is 0 Å². The van der Waals surface area contributed by atoms with Crippen LogP contribution < -0.4 is 10.6 Å². The zero-order valence-electron chi connectivity index (χ0n) is 19.8. The van der Waals surface area contributed by atoms with Crippen LogP contribution >= 0.6 is 0 Å². The van der Waals surface area contributed by atoms with E-state index in [1.54, 1.807) is 0 Å². The van der Waals surface area contributed by atoms with Crippen molar-refractivity contribution in [2.45, 2.75) is 74.2 Å². The summed E-state index contributed by atoms with van der Waals surface area (Å²) in [4.78, 5) is 15.1. The number of rotatable bonds is 2. The Bertz CT molecular complexity index is 996. The molecule has 0 aromatic heterocycles. The molecule has 1 heterocycles. The van der Waals surface area contributed by atoms with Crippen molar-refractivity contribution in [3.8, 4) is 0 Å². The summed E-state index contributed by atoms with van der Waals surface area (Å²) < 4.78 is 12.0. The lowest BCUT2D eigenvalue weighted by atomic mass is 9.53. The number of nitrogens with two attached hydrogens (primary N) is 1. The molecule has 5 aliphatic rings. The number of anilines is 1. The highest BCUT2D eigenvalue weighted by molar-refractivity contribution is 5.91. The van der Waals surface area contributed by atoms with Gasteiger partial charge in [0.05, 0.1) is 24.4 Å². The third-order valence-corrected chi connectivity index (χ3v) is 9.39. The topological polar surface area (TPSA) is 85.0 Å². The number of nitrogens with zero attached hydrogens (tertiary/aromatic N) is 1. The first kappa shape index (κ1) is 21.8. The number of ether oxygens (including phenoxy) is 2.